The third-order valence-electron chi connectivity index (χ3n) is 7.87. The minimum atomic E-state index is -1.69. The van der Waals surface area contributed by atoms with Crippen molar-refractivity contribution < 1.29 is 28.2 Å². The molecule has 42 heavy (non-hydrogen) atoms. The molecule has 2 N–H and O–H groups in total. The summed E-state index contributed by atoms with van der Waals surface area (Å²) in [6, 6.07) is 17.5. The minimum Gasteiger partial charge on any atom is -0.445 e. The zero-order valence-electron chi connectivity index (χ0n) is 25.3. The van der Waals surface area contributed by atoms with Crippen molar-refractivity contribution in [2.24, 2.45) is 5.92 Å². The summed E-state index contributed by atoms with van der Waals surface area (Å²) in [4.78, 5) is 40.4. The van der Waals surface area contributed by atoms with Gasteiger partial charge in [-0.3, -0.25) is 14.5 Å². The Labute approximate surface area is 249 Å². The van der Waals surface area contributed by atoms with Gasteiger partial charge < -0.3 is 20.1 Å². The normalized spacial score (nSPS) is 20.7. The lowest BCUT2D eigenvalue weighted by Crippen LogP contribution is -2.49. The van der Waals surface area contributed by atoms with Gasteiger partial charge in [-0.1, -0.05) is 80.9 Å². The topological polar surface area (TPSA) is 97.0 Å². The Morgan fingerprint density at radius 2 is 1.60 bits per heavy atom. The fourth-order valence-electron chi connectivity index (χ4n) is 5.80. The highest BCUT2D eigenvalue weighted by Gasteiger charge is 2.47. The van der Waals surface area contributed by atoms with Crippen molar-refractivity contribution in [1.29, 1.82) is 0 Å². The second-order valence-electron chi connectivity index (χ2n) is 11.2. The van der Waals surface area contributed by atoms with E-state index in [2.05, 4.69) is 17.6 Å². The molecule has 1 fully saturated rings. The predicted molar refractivity (Wildman–Crippen MR) is 160 cm³/mol. The van der Waals surface area contributed by atoms with Crippen LogP contribution < -0.4 is 10.6 Å². The number of rotatable bonds is 15. The standard InChI is InChI=1S/C33H46FN3O5/c1-5-13-27(23(3)35-24(4)38)19-29-28(36-33(40)41-22-26-17-11-8-12-18-26)20-30(32(39)42-31(34)14-6-2)37(29)21-25-15-9-7-10-16-25/h7-12,15-18,23,27-31H,5-6,13-14,19-22H2,1-4H3,(H,35,38)(H,36,40)/t23?,27?,28-,29+,30-,31?/m1/s1. The minimum absolute atomic E-state index is 0.0793. The number of alkyl halides is 1. The summed E-state index contributed by atoms with van der Waals surface area (Å²) in [6.07, 6.45) is 1.01. The molecule has 1 heterocycles. The second-order valence-corrected chi connectivity index (χ2v) is 11.2. The summed E-state index contributed by atoms with van der Waals surface area (Å²) in [5.74, 6) is -0.668. The Morgan fingerprint density at radius 1 is 0.976 bits per heavy atom. The van der Waals surface area contributed by atoms with Gasteiger partial charge in [0.15, 0.2) is 0 Å². The fraction of sp³-hybridized carbons (Fsp3) is 0.545. The molecule has 3 unspecified atom stereocenters. The third kappa shape index (κ3) is 10.1. The molecule has 0 bridgehead atoms. The number of esters is 1. The average Bonchev–Trinajstić information content (AvgIpc) is 3.28. The molecule has 1 aliphatic rings. The molecule has 9 heteroatoms. The van der Waals surface area contributed by atoms with Crippen LogP contribution in [0.15, 0.2) is 60.7 Å². The third-order valence-corrected chi connectivity index (χ3v) is 7.87. The van der Waals surface area contributed by atoms with E-state index in [0.29, 0.717) is 19.4 Å². The number of nitrogens with zero attached hydrogens (tertiary/aromatic N) is 1. The molecule has 2 amide bonds. The first-order valence-corrected chi connectivity index (χ1v) is 15.1. The number of nitrogens with one attached hydrogen (secondary N) is 2. The van der Waals surface area contributed by atoms with E-state index in [9.17, 15) is 18.8 Å². The number of benzene rings is 2. The highest BCUT2D eigenvalue weighted by molar-refractivity contribution is 5.77. The van der Waals surface area contributed by atoms with E-state index in [4.69, 9.17) is 9.47 Å². The van der Waals surface area contributed by atoms with Crippen LogP contribution >= 0.6 is 0 Å². The Kier molecular flexibility index (Phi) is 13.3. The first-order chi connectivity index (χ1) is 20.2. The lowest BCUT2D eigenvalue weighted by molar-refractivity contribution is -0.164. The average molecular weight is 584 g/mol. The quantitative estimate of drug-likeness (QED) is 0.254. The molecule has 8 nitrogen and oxygen atoms in total. The van der Waals surface area contributed by atoms with Crippen LogP contribution in [0.1, 0.15) is 77.3 Å². The number of ether oxygens (including phenoxy) is 2. The second kappa shape index (κ2) is 16.9. The van der Waals surface area contributed by atoms with Gasteiger partial charge in [0.1, 0.15) is 12.6 Å². The summed E-state index contributed by atoms with van der Waals surface area (Å²) >= 11 is 0. The maximum atomic E-state index is 14.5. The van der Waals surface area contributed by atoms with Crippen LogP contribution in [0.5, 0.6) is 0 Å². The molecular formula is C33H46FN3O5. The molecule has 0 spiro atoms. The molecule has 3 rings (SSSR count). The van der Waals surface area contributed by atoms with Gasteiger partial charge in [0.2, 0.25) is 12.3 Å². The van der Waals surface area contributed by atoms with E-state index in [-0.39, 0.29) is 43.4 Å². The maximum Gasteiger partial charge on any atom is 0.407 e. The number of hydrogen-bond acceptors (Lipinski definition) is 6. The Morgan fingerprint density at radius 3 is 2.19 bits per heavy atom. The summed E-state index contributed by atoms with van der Waals surface area (Å²) in [5.41, 5.74) is 1.85. The van der Waals surface area contributed by atoms with E-state index in [1.54, 1.807) is 0 Å². The van der Waals surface area contributed by atoms with E-state index >= 15 is 0 Å². The van der Waals surface area contributed by atoms with Gasteiger partial charge in [0.25, 0.3) is 0 Å². The SMILES string of the molecule is CCCC(F)OC(=O)[C@H]1C[C@@H](NC(=O)OCc2ccccc2)[C@H](CC(CCC)C(C)NC(C)=O)N1Cc1ccccc1. The van der Waals surface area contributed by atoms with Crippen LogP contribution in [0.3, 0.4) is 0 Å². The number of halogens is 1. The van der Waals surface area contributed by atoms with Crippen molar-refractivity contribution >= 4 is 18.0 Å². The summed E-state index contributed by atoms with van der Waals surface area (Å²) in [6.45, 7) is 7.94. The van der Waals surface area contributed by atoms with Crippen molar-refractivity contribution in [3.05, 3.63) is 71.8 Å². The molecule has 0 aromatic heterocycles. The van der Waals surface area contributed by atoms with Crippen molar-refractivity contribution in [2.75, 3.05) is 0 Å². The molecule has 1 saturated heterocycles. The maximum absolute atomic E-state index is 14.5. The van der Waals surface area contributed by atoms with Crippen molar-refractivity contribution in [1.82, 2.24) is 15.5 Å². The summed E-state index contributed by atoms with van der Waals surface area (Å²) in [7, 11) is 0. The summed E-state index contributed by atoms with van der Waals surface area (Å²) in [5, 5.41) is 6.04. The first kappa shape index (κ1) is 33.0. The largest absolute Gasteiger partial charge is 0.445 e. The Balaban J connectivity index is 1.90. The Bertz CT molecular complexity index is 1120. The number of carbonyl (C=O) groups is 3. The lowest BCUT2D eigenvalue weighted by atomic mass is 9.87. The molecule has 0 saturated carbocycles. The first-order valence-electron chi connectivity index (χ1n) is 15.1. The molecule has 2 aromatic rings. The number of hydrogen-bond donors (Lipinski definition) is 2. The van der Waals surface area contributed by atoms with Crippen LogP contribution in [0.25, 0.3) is 0 Å². The lowest BCUT2D eigenvalue weighted by Gasteiger charge is -2.35. The highest BCUT2D eigenvalue weighted by atomic mass is 19.1. The van der Waals surface area contributed by atoms with Gasteiger partial charge in [-0.05, 0) is 49.7 Å². The zero-order valence-corrected chi connectivity index (χ0v) is 25.3. The number of likely N-dealkylation sites (tertiary alicyclic amines) is 1. The smallest absolute Gasteiger partial charge is 0.407 e. The zero-order chi connectivity index (χ0) is 30.5. The fourth-order valence-corrected chi connectivity index (χ4v) is 5.80. The van der Waals surface area contributed by atoms with Gasteiger partial charge in [-0.15, -0.1) is 0 Å². The van der Waals surface area contributed by atoms with Crippen LogP contribution in [0.4, 0.5) is 9.18 Å². The molecule has 1 aliphatic heterocycles. The molecule has 230 valence electrons. The molecule has 2 aromatic carbocycles. The molecular weight excluding hydrogens is 537 g/mol. The number of amides is 2. The van der Waals surface area contributed by atoms with E-state index in [0.717, 1.165) is 24.0 Å². The molecule has 0 radical (unpaired) electrons. The van der Waals surface area contributed by atoms with Crippen LogP contribution in [0.2, 0.25) is 0 Å². The van der Waals surface area contributed by atoms with E-state index < -0.39 is 30.5 Å². The van der Waals surface area contributed by atoms with Crippen LogP contribution in [0, 0.1) is 5.92 Å². The monoisotopic (exact) mass is 583 g/mol. The van der Waals surface area contributed by atoms with Gasteiger partial charge >= 0.3 is 12.1 Å². The van der Waals surface area contributed by atoms with Crippen molar-refractivity contribution in [3.8, 4) is 0 Å². The molecule has 6 atom stereocenters. The summed E-state index contributed by atoms with van der Waals surface area (Å²) < 4.78 is 25.3. The van der Waals surface area contributed by atoms with Crippen molar-refractivity contribution in [3.63, 3.8) is 0 Å². The van der Waals surface area contributed by atoms with Gasteiger partial charge in [0, 0.05) is 38.0 Å². The van der Waals surface area contributed by atoms with Crippen molar-refractivity contribution in [2.45, 2.75) is 110 Å². The number of carbonyl (C=O) groups excluding carboxylic acids is 3. The van der Waals surface area contributed by atoms with Gasteiger partial charge in [-0.2, -0.15) is 0 Å². The Hall–Kier alpha value is -3.46. The van der Waals surface area contributed by atoms with E-state index in [1.165, 1.54) is 6.92 Å². The highest BCUT2D eigenvalue weighted by Crippen LogP contribution is 2.34. The van der Waals surface area contributed by atoms with Gasteiger partial charge in [0.05, 0.1) is 0 Å². The van der Waals surface area contributed by atoms with Crippen LogP contribution in [-0.2, 0) is 32.2 Å². The van der Waals surface area contributed by atoms with Gasteiger partial charge in [-0.25, -0.2) is 9.18 Å². The number of alkyl carbamates (subject to hydrolysis) is 1. The molecule has 0 aliphatic carbocycles. The van der Waals surface area contributed by atoms with E-state index in [1.807, 2.05) is 79.4 Å². The van der Waals surface area contributed by atoms with Crippen LogP contribution in [-0.4, -0.2) is 53.4 Å². The predicted octanol–water partition coefficient (Wildman–Crippen LogP) is 5.89.